The van der Waals surface area contributed by atoms with Gasteiger partial charge in [-0.1, -0.05) is 35.5 Å². The highest BCUT2D eigenvalue weighted by Crippen LogP contribution is 2.18. The van der Waals surface area contributed by atoms with Gasteiger partial charge in [0.2, 0.25) is 5.76 Å². The van der Waals surface area contributed by atoms with Crippen molar-refractivity contribution in [2.45, 2.75) is 13.0 Å². The fraction of sp³-hybridized carbons (Fsp3) is 0.154. The van der Waals surface area contributed by atoms with Crippen LogP contribution in [0.3, 0.4) is 0 Å². The van der Waals surface area contributed by atoms with Gasteiger partial charge in [0.05, 0.1) is 0 Å². The topological polar surface area (TPSA) is 92.4 Å². The van der Waals surface area contributed by atoms with Gasteiger partial charge in [-0.3, -0.25) is 9.59 Å². The molecule has 98 valence electrons. The van der Waals surface area contributed by atoms with Gasteiger partial charge in [-0.15, -0.1) is 0 Å². The Morgan fingerprint density at radius 1 is 1.32 bits per heavy atom. The third-order valence-corrected chi connectivity index (χ3v) is 2.52. The number of carboxylic acids is 1. The van der Waals surface area contributed by atoms with Crippen LogP contribution in [0.15, 0.2) is 40.9 Å². The third kappa shape index (κ3) is 2.98. The number of hydrogen-bond acceptors (Lipinski definition) is 4. The molecule has 6 heteroatoms. The Bertz CT molecular complexity index is 592. The predicted molar refractivity (Wildman–Crippen MR) is 66.5 cm³/mol. The van der Waals surface area contributed by atoms with Crippen LogP contribution in [0.2, 0.25) is 0 Å². The molecule has 0 unspecified atom stereocenters. The summed E-state index contributed by atoms with van der Waals surface area (Å²) in [6.45, 7) is 1.37. The number of aliphatic carboxylic acids is 1. The summed E-state index contributed by atoms with van der Waals surface area (Å²) >= 11 is 0. The van der Waals surface area contributed by atoms with E-state index >= 15 is 0 Å². The number of nitrogens with one attached hydrogen (secondary N) is 1. The number of nitrogens with zero attached hydrogens (tertiary/aromatic N) is 1. The average molecular weight is 260 g/mol. The molecule has 0 aliphatic carbocycles. The van der Waals surface area contributed by atoms with E-state index in [1.54, 1.807) is 0 Å². The molecule has 1 amide bonds. The number of rotatable bonds is 4. The van der Waals surface area contributed by atoms with E-state index in [1.807, 2.05) is 30.3 Å². The van der Waals surface area contributed by atoms with Gasteiger partial charge in [-0.05, 0) is 6.92 Å². The van der Waals surface area contributed by atoms with Gasteiger partial charge >= 0.3 is 5.97 Å². The maximum Gasteiger partial charge on any atom is 0.325 e. The van der Waals surface area contributed by atoms with Gasteiger partial charge in [0.25, 0.3) is 5.91 Å². The maximum atomic E-state index is 11.7. The highest BCUT2D eigenvalue weighted by atomic mass is 16.5. The lowest BCUT2D eigenvalue weighted by Crippen LogP contribution is -2.38. The van der Waals surface area contributed by atoms with Gasteiger partial charge in [0, 0.05) is 11.6 Å². The van der Waals surface area contributed by atoms with Gasteiger partial charge < -0.3 is 14.9 Å². The number of aromatic nitrogens is 1. The van der Waals surface area contributed by atoms with E-state index in [2.05, 4.69) is 10.5 Å². The highest BCUT2D eigenvalue weighted by molar-refractivity contribution is 5.94. The van der Waals surface area contributed by atoms with Crippen LogP contribution in [0.25, 0.3) is 11.3 Å². The summed E-state index contributed by atoms with van der Waals surface area (Å²) in [5, 5.41) is 14.8. The van der Waals surface area contributed by atoms with Crippen molar-refractivity contribution in [2.24, 2.45) is 0 Å². The van der Waals surface area contributed by atoms with Crippen molar-refractivity contribution in [3.63, 3.8) is 0 Å². The summed E-state index contributed by atoms with van der Waals surface area (Å²) in [6.07, 6.45) is 0. The molecule has 2 aromatic rings. The summed E-state index contributed by atoms with van der Waals surface area (Å²) in [6, 6.07) is 9.70. The molecule has 6 nitrogen and oxygen atoms in total. The van der Waals surface area contributed by atoms with Crippen molar-refractivity contribution < 1.29 is 19.2 Å². The molecule has 0 radical (unpaired) electrons. The molecule has 1 aromatic carbocycles. The SMILES string of the molecule is C[C@H](NC(=O)c1cc(-c2ccccc2)no1)C(=O)O. The second-order valence-electron chi connectivity index (χ2n) is 3.98. The standard InChI is InChI=1S/C13H12N2O4/c1-8(13(17)18)14-12(16)11-7-10(15-19-11)9-5-3-2-4-6-9/h2-8H,1H3,(H,14,16)(H,17,18)/t8-/m0/s1. The molecule has 0 saturated heterocycles. The van der Waals surface area contributed by atoms with Gasteiger partial charge in [-0.2, -0.15) is 0 Å². The first kappa shape index (κ1) is 12.8. The minimum atomic E-state index is -1.11. The first-order valence-electron chi connectivity index (χ1n) is 5.63. The van der Waals surface area contributed by atoms with Gasteiger partial charge in [0.15, 0.2) is 0 Å². The molecule has 1 heterocycles. The molecule has 1 atom stereocenters. The fourth-order valence-electron chi connectivity index (χ4n) is 1.46. The Morgan fingerprint density at radius 2 is 2.00 bits per heavy atom. The van der Waals surface area contributed by atoms with Crippen LogP contribution in [0.5, 0.6) is 0 Å². The van der Waals surface area contributed by atoms with E-state index in [-0.39, 0.29) is 5.76 Å². The first-order chi connectivity index (χ1) is 9.08. The summed E-state index contributed by atoms with van der Waals surface area (Å²) < 4.78 is 4.91. The summed E-state index contributed by atoms with van der Waals surface area (Å²) in [5.74, 6) is -1.74. The Kier molecular flexibility index (Phi) is 3.61. The number of carbonyl (C=O) groups excluding carboxylic acids is 1. The summed E-state index contributed by atoms with van der Waals surface area (Å²) in [7, 11) is 0. The van der Waals surface area contributed by atoms with Crippen molar-refractivity contribution in [1.82, 2.24) is 10.5 Å². The average Bonchev–Trinajstić information content (AvgIpc) is 2.89. The van der Waals surface area contributed by atoms with Crippen molar-refractivity contribution in [2.75, 3.05) is 0 Å². The monoisotopic (exact) mass is 260 g/mol. The largest absolute Gasteiger partial charge is 0.480 e. The van der Waals surface area contributed by atoms with Crippen molar-refractivity contribution in [1.29, 1.82) is 0 Å². The number of carbonyl (C=O) groups is 2. The van der Waals surface area contributed by atoms with Crippen LogP contribution in [0.4, 0.5) is 0 Å². The van der Waals surface area contributed by atoms with E-state index < -0.39 is 17.9 Å². The highest BCUT2D eigenvalue weighted by Gasteiger charge is 2.19. The van der Waals surface area contributed by atoms with Gasteiger partial charge in [-0.25, -0.2) is 0 Å². The maximum absolute atomic E-state index is 11.7. The lowest BCUT2D eigenvalue weighted by Gasteiger charge is -2.06. The van der Waals surface area contributed by atoms with E-state index in [0.29, 0.717) is 5.69 Å². The molecule has 0 saturated carbocycles. The van der Waals surface area contributed by atoms with E-state index in [9.17, 15) is 9.59 Å². The number of hydrogen-bond donors (Lipinski definition) is 2. The molecule has 0 spiro atoms. The van der Waals surface area contributed by atoms with Crippen LogP contribution >= 0.6 is 0 Å². The predicted octanol–water partition coefficient (Wildman–Crippen LogP) is 1.54. The Morgan fingerprint density at radius 3 is 2.63 bits per heavy atom. The normalized spacial score (nSPS) is 11.8. The van der Waals surface area contributed by atoms with Gasteiger partial charge in [0.1, 0.15) is 11.7 Å². The molecular formula is C13H12N2O4. The lowest BCUT2D eigenvalue weighted by atomic mass is 10.1. The first-order valence-corrected chi connectivity index (χ1v) is 5.63. The molecule has 0 fully saturated rings. The lowest BCUT2D eigenvalue weighted by molar-refractivity contribution is -0.138. The van der Waals surface area contributed by atoms with Crippen LogP contribution in [-0.4, -0.2) is 28.2 Å². The smallest absolute Gasteiger partial charge is 0.325 e. The zero-order valence-corrected chi connectivity index (χ0v) is 10.2. The zero-order valence-electron chi connectivity index (χ0n) is 10.2. The quantitative estimate of drug-likeness (QED) is 0.869. The second kappa shape index (κ2) is 5.34. The molecular weight excluding hydrogens is 248 g/mol. The molecule has 2 rings (SSSR count). The molecule has 0 aliphatic heterocycles. The van der Waals surface area contributed by atoms with Crippen molar-refractivity contribution >= 4 is 11.9 Å². The molecule has 1 aromatic heterocycles. The molecule has 0 aliphatic rings. The Hall–Kier alpha value is -2.63. The van der Waals surface area contributed by atoms with Crippen LogP contribution in [-0.2, 0) is 4.79 Å². The summed E-state index contributed by atoms with van der Waals surface area (Å²) in [4.78, 5) is 22.3. The molecule has 0 bridgehead atoms. The number of benzene rings is 1. The van der Waals surface area contributed by atoms with Crippen LogP contribution < -0.4 is 5.32 Å². The van der Waals surface area contributed by atoms with E-state index in [0.717, 1.165) is 5.56 Å². The molecule has 2 N–H and O–H groups in total. The van der Waals surface area contributed by atoms with Crippen molar-refractivity contribution in [3.05, 3.63) is 42.2 Å². The minimum absolute atomic E-state index is 0.0213. The second-order valence-corrected chi connectivity index (χ2v) is 3.98. The minimum Gasteiger partial charge on any atom is -0.480 e. The van der Waals surface area contributed by atoms with E-state index in [1.165, 1.54) is 13.0 Å². The Labute approximate surface area is 109 Å². The van der Waals surface area contributed by atoms with Crippen LogP contribution in [0.1, 0.15) is 17.5 Å². The third-order valence-electron chi connectivity index (χ3n) is 2.52. The Balaban J connectivity index is 2.13. The van der Waals surface area contributed by atoms with Crippen molar-refractivity contribution in [3.8, 4) is 11.3 Å². The van der Waals surface area contributed by atoms with E-state index in [4.69, 9.17) is 9.63 Å². The fourth-order valence-corrected chi connectivity index (χ4v) is 1.46. The van der Waals surface area contributed by atoms with Crippen LogP contribution in [0, 0.1) is 0 Å². The number of carboxylic acid groups (broad SMARTS) is 1. The summed E-state index contributed by atoms with van der Waals surface area (Å²) in [5.41, 5.74) is 1.34. The molecule has 19 heavy (non-hydrogen) atoms. The zero-order chi connectivity index (χ0) is 13.8. The number of amides is 1.